The second kappa shape index (κ2) is 4.92. The van der Waals surface area contributed by atoms with Gasteiger partial charge >= 0.3 is 0 Å². The van der Waals surface area contributed by atoms with Crippen molar-refractivity contribution in [2.45, 2.75) is 5.75 Å². The fraction of sp³-hybridized carbons (Fsp3) is 0.300. The van der Waals surface area contributed by atoms with Crippen molar-refractivity contribution < 1.29 is 0 Å². The van der Waals surface area contributed by atoms with Crippen molar-refractivity contribution in [2.24, 2.45) is 0 Å². The molecule has 0 fully saturated rings. The van der Waals surface area contributed by atoms with Crippen molar-refractivity contribution in [1.29, 1.82) is 0 Å². The summed E-state index contributed by atoms with van der Waals surface area (Å²) in [6.07, 6.45) is 1.84. The third-order valence-corrected chi connectivity index (χ3v) is 2.36. The zero-order valence-corrected chi connectivity index (χ0v) is 8.84. The summed E-state index contributed by atoms with van der Waals surface area (Å²) in [5, 5.41) is 1.84. The van der Waals surface area contributed by atoms with Crippen molar-refractivity contribution in [1.82, 2.24) is 4.98 Å². The Labute approximate surface area is 83.7 Å². The summed E-state index contributed by atoms with van der Waals surface area (Å²) in [4.78, 5) is 6.34. The number of pyridine rings is 1. The third-order valence-electron chi connectivity index (χ3n) is 1.67. The molecule has 0 aliphatic heterocycles. The van der Waals surface area contributed by atoms with Gasteiger partial charge in [-0.1, -0.05) is 6.58 Å². The van der Waals surface area contributed by atoms with E-state index in [-0.39, 0.29) is 0 Å². The molecular formula is C10H14N2S. The van der Waals surface area contributed by atoms with Crippen LogP contribution >= 0.6 is 11.8 Å². The molecule has 1 rings (SSSR count). The lowest BCUT2D eigenvalue weighted by atomic mass is 10.3. The van der Waals surface area contributed by atoms with Crippen molar-refractivity contribution in [3.63, 3.8) is 0 Å². The largest absolute Gasteiger partial charge is 0.378 e. The van der Waals surface area contributed by atoms with Gasteiger partial charge in [-0.3, -0.25) is 4.98 Å². The summed E-state index contributed by atoms with van der Waals surface area (Å²) in [5.74, 6) is 0.894. The Hall–Kier alpha value is -0.960. The third kappa shape index (κ3) is 3.11. The van der Waals surface area contributed by atoms with Crippen molar-refractivity contribution in [2.75, 3.05) is 19.0 Å². The molecule has 0 aliphatic rings. The lowest BCUT2D eigenvalue weighted by Gasteiger charge is -2.12. The van der Waals surface area contributed by atoms with E-state index in [2.05, 4.69) is 22.5 Å². The standard InChI is InChI=1S/C10H14N2S/c1-4-13-8-9-7-10(12(2)3)5-6-11-9/h4-7H,1,8H2,2-3H3. The Bertz CT molecular complexity index is 284. The van der Waals surface area contributed by atoms with E-state index in [1.165, 1.54) is 5.69 Å². The van der Waals surface area contributed by atoms with E-state index < -0.39 is 0 Å². The summed E-state index contributed by atoms with van der Waals surface area (Å²) in [6, 6.07) is 4.10. The van der Waals surface area contributed by atoms with Crippen LogP contribution in [0.3, 0.4) is 0 Å². The quantitative estimate of drug-likeness (QED) is 0.732. The van der Waals surface area contributed by atoms with Crippen LogP contribution in [0, 0.1) is 0 Å². The summed E-state index contributed by atoms with van der Waals surface area (Å²) in [5.41, 5.74) is 2.28. The van der Waals surface area contributed by atoms with Gasteiger partial charge in [0.25, 0.3) is 0 Å². The lowest BCUT2D eigenvalue weighted by molar-refractivity contribution is 1.09. The van der Waals surface area contributed by atoms with Crippen molar-refractivity contribution in [3.8, 4) is 0 Å². The highest BCUT2D eigenvalue weighted by atomic mass is 32.2. The average Bonchev–Trinajstić information content (AvgIpc) is 2.15. The molecule has 0 bridgehead atoms. The van der Waals surface area contributed by atoms with E-state index in [0.29, 0.717) is 0 Å². The molecular weight excluding hydrogens is 180 g/mol. The zero-order valence-electron chi connectivity index (χ0n) is 8.03. The maximum atomic E-state index is 4.26. The maximum absolute atomic E-state index is 4.26. The van der Waals surface area contributed by atoms with Crippen LogP contribution in [0.1, 0.15) is 5.69 Å². The van der Waals surface area contributed by atoms with Crippen molar-refractivity contribution >= 4 is 17.4 Å². The van der Waals surface area contributed by atoms with Gasteiger partial charge in [-0.15, -0.1) is 11.8 Å². The molecule has 0 unspecified atom stereocenters. The number of rotatable bonds is 4. The van der Waals surface area contributed by atoms with Crippen LogP contribution in [-0.4, -0.2) is 19.1 Å². The van der Waals surface area contributed by atoms with E-state index in [0.717, 1.165) is 11.4 Å². The molecule has 0 aliphatic carbocycles. The molecule has 1 aromatic rings. The second-order valence-electron chi connectivity index (χ2n) is 2.88. The van der Waals surface area contributed by atoms with Gasteiger partial charge in [-0.2, -0.15) is 0 Å². The second-order valence-corrected chi connectivity index (χ2v) is 3.83. The molecule has 0 radical (unpaired) electrons. The topological polar surface area (TPSA) is 16.1 Å². The van der Waals surface area contributed by atoms with Gasteiger partial charge in [-0.25, -0.2) is 0 Å². The van der Waals surface area contributed by atoms with Crippen LogP contribution in [0.2, 0.25) is 0 Å². The first kappa shape index (κ1) is 10.1. The maximum Gasteiger partial charge on any atom is 0.0526 e. The average molecular weight is 194 g/mol. The van der Waals surface area contributed by atoms with Gasteiger partial charge in [0, 0.05) is 31.7 Å². The van der Waals surface area contributed by atoms with E-state index >= 15 is 0 Å². The fourth-order valence-corrected chi connectivity index (χ4v) is 1.41. The van der Waals surface area contributed by atoms with E-state index in [1.807, 2.05) is 31.8 Å². The Morgan fingerprint density at radius 2 is 2.38 bits per heavy atom. The van der Waals surface area contributed by atoms with E-state index in [1.54, 1.807) is 11.8 Å². The Morgan fingerprint density at radius 1 is 1.62 bits per heavy atom. The molecule has 0 atom stereocenters. The predicted octanol–water partition coefficient (Wildman–Crippen LogP) is 2.52. The molecule has 2 nitrogen and oxygen atoms in total. The molecule has 70 valence electrons. The van der Waals surface area contributed by atoms with Gasteiger partial charge in [0.1, 0.15) is 0 Å². The molecule has 0 saturated carbocycles. The summed E-state index contributed by atoms with van der Waals surface area (Å²) in [7, 11) is 4.06. The minimum absolute atomic E-state index is 0.894. The molecule has 1 heterocycles. The first-order valence-corrected chi connectivity index (χ1v) is 5.13. The fourth-order valence-electron chi connectivity index (χ4n) is 0.967. The van der Waals surface area contributed by atoms with Crippen LogP contribution in [0.25, 0.3) is 0 Å². The number of nitrogens with zero attached hydrogens (tertiary/aromatic N) is 2. The van der Waals surface area contributed by atoms with Crippen LogP contribution in [0.4, 0.5) is 5.69 Å². The minimum Gasteiger partial charge on any atom is -0.378 e. The van der Waals surface area contributed by atoms with Gasteiger partial charge in [-0.05, 0) is 17.5 Å². The first-order valence-electron chi connectivity index (χ1n) is 4.09. The zero-order chi connectivity index (χ0) is 9.68. The highest BCUT2D eigenvalue weighted by Crippen LogP contribution is 2.15. The number of aromatic nitrogens is 1. The SMILES string of the molecule is C=CSCc1cc(N(C)C)ccn1. The van der Waals surface area contributed by atoms with Gasteiger partial charge in [0.15, 0.2) is 0 Å². The van der Waals surface area contributed by atoms with Crippen LogP contribution in [0.15, 0.2) is 30.3 Å². The smallest absolute Gasteiger partial charge is 0.0526 e. The lowest BCUT2D eigenvalue weighted by Crippen LogP contribution is -2.08. The summed E-state index contributed by atoms with van der Waals surface area (Å²) >= 11 is 1.66. The molecule has 3 heteroatoms. The molecule has 1 aromatic heterocycles. The van der Waals surface area contributed by atoms with E-state index in [4.69, 9.17) is 0 Å². The van der Waals surface area contributed by atoms with Crippen molar-refractivity contribution in [3.05, 3.63) is 36.0 Å². The molecule has 0 aromatic carbocycles. The highest BCUT2D eigenvalue weighted by Gasteiger charge is 1.97. The summed E-state index contributed by atoms with van der Waals surface area (Å²) < 4.78 is 0. The van der Waals surface area contributed by atoms with Gasteiger partial charge in [0.05, 0.1) is 5.69 Å². The van der Waals surface area contributed by atoms with Crippen LogP contribution in [0.5, 0.6) is 0 Å². The number of thioether (sulfide) groups is 1. The Morgan fingerprint density at radius 3 is 3.00 bits per heavy atom. The first-order chi connectivity index (χ1) is 6.24. The Kier molecular flexibility index (Phi) is 3.83. The number of hydrogen-bond acceptors (Lipinski definition) is 3. The predicted molar refractivity (Wildman–Crippen MR) is 60.1 cm³/mol. The highest BCUT2D eigenvalue weighted by molar-refractivity contribution is 8.01. The van der Waals surface area contributed by atoms with Crippen LogP contribution in [-0.2, 0) is 5.75 Å². The molecule has 0 amide bonds. The molecule has 13 heavy (non-hydrogen) atoms. The minimum atomic E-state index is 0.894. The molecule has 0 saturated heterocycles. The van der Waals surface area contributed by atoms with Gasteiger partial charge in [0.2, 0.25) is 0 Å². The monoisotopic (exact) mass is 194 g/mol. The number of hydrogen-bond donors (Lipinski definition) is 0. The molecule has 0 N–H and O–H groups in total. The number of anilines is 1. The normalized spacial score (nSPS) is 9.69. The van der Waals surface area contributed by atoms with E-state index in [9.17, 15) is 0 Å². The summed E-state index contributed by atoms with van der Waals surface area (Å²) in [6.45, 7) is 3.66. The Balaban J connectivity index is 2.73. The van der Waals surface area contributed by atoms with Gasteiger partial charge < -0.3 is 4.90 Å². The molecule has 0 spiro atoms. The van der Waals surface area contributed by atoms with Crippen LogP contribution < -0.4 is 4.90 Å².